The number of carbonyl (C=O) groups is 2. The molecule has 1 fully saturated rings. The summed E-state index contributed by atoms with van der Waals surface area (Å²) in [6, 6.07) is 14.1. The molecule has 44 heavy (non-hydrogen) atoms. The minimum atomic E-state index is -0.817. The highest BCUT2D eigenvalue weighted by Gasteiger charge is 2.47. The highest BCUT2D eigenvalue weighted by atomic mass is 16.5. The van der Waals surface area contributed by atoms with Crippen molar-refractivity contribution in [2.45, 2.75) is 57.5 Å². The Morgan fingerprint density at radius 3 is 2.68 bits per heavy atom. The number of aryl methyl sites for hydroxylation is 2. The van der Waals surface area contributed by atoms with E-state index in [1.165, 1.54) is 5.56 Å². The van der Waals surface area contributed by atoms with Crippen LogP contribution in [-0.2, 0) is 36.0 Å². The molecule has 0 radical (unpaired) electrons. The quantitative estimate of drug-likeness (QED) is 0.290. The number of benzene rings is 2. The third-order valence-corrected chi connectivity index (χ3v) is 9.01. The zero-order chi connectivity index (χ0) is 31.4. The number of fused-ring (bicyclic) bond motifs is 1. The second-order valence-electron chi connectivity index (χ2n) is 13.4. The number of nitrogens with zero attached hydrogens (tertiary/aromatic N) is 5. The summed E-state index contributed by atoms with van der Waals surface area (Å²) in [6.45, 7) is 4.96. The van der Waals surface area contributed by atoms with Crippen LogP contribution in [0.2, 0.25) is 0 Å². The average molecular weight is 603 g/mol. The molecule has 3 atom stereocenters. The van der Waals surface area contributed by atoms with Gasteiger partial charge in [0, 0.05) is 68.6 Å². The van der Waals surface area contributed by atoms with Crippen molar-refractivity contribution in [3.63, 3.8) is 0 Å². The van der Waals surface area contributed by atoms with Crippen molar-refractivity contribution in [2.24, 2.45) is 13.0 Å². The third-order valence-electron chi connectivity index (χ3n) is 9.01. The van der Waals surface area contributed by atoms with Gasteiger partial charge in [0.15, 0.2) is 0 Å². The number of ether oxygens (including phenoxy) is 1. The van der Waals surface area contributed by atoms with Gasteiger partial charge >= 0.3 is 5.97 Å². The summed E-state index contributed by atoms with van der Waals surface area (Å²) in [5, 5.41) is 10.6. The summed E-state index contributed by atoms with van der Waals surface area (Å²) < 4.78 is 8.50. The van der Waals surface area contributed by atoms with E-state index in [0.29, 0.717) is 32.5 Å². The second-order valence-corrected chi connectivity index (χ2v) is 13.4. The molecule has 0 spiro atoms. The van der Waals surface area contributed by atoms with Crippen molar-refractivity contribution < 1.29 is 23.9 Å². The van der Waals surface area contributed by atoms with Gasteiger partial charge < -0.3 is 23.8 Å². The summed E-state index contributed by atoms with van der Waals surface area (Å²) in [4.78, 5) is 35.7. The summed E-state index contributed by atoms with van der Waals surface area (Å²) >= 11 is 0. The first-order chi connectivity index (χ1) is 21.0. The number of carbonyl (C=O) groups excluding carboxylic acids is 1. The van der Waals surface area contributed by atoms with Gasteiger partial charge in [0.2, 0.25) is 5.91 Å². The van der Waals surface area contributed by atoms with E-state index in [2.05, 4.69) is 56.1 Å². The van der Waals surface area contributed by atoms with E-state index in [-0.39, 0.29) is 24.4 Å². The Morgan fingerprint density at radius 1 is 1.16 bits per heavy atom. The highest BCUT2D eigenvalue weighted by Crippen LogP contribution is 2.41. The van der Waals surface area contributed by atoms with E-state index in [0.717, 1.165) is 58.7 Å². The fourth-order valence-electron chi connectivity index (χ4n) is 6.89. The fourth-order valence-corrected chi connectivity index (χ4v) is 6.89. The van der Waals surface area contributed by atoms with Crippen LogP contribution in [0.25, 0.3) is 0 Å². The van der Waals surface area contributed by atoms with Crippen LogP contribution in [0.5, 0.6) is 5.75 Å². The van der Waals surface area contributed by atoms with Gasteiger partial charge in [-0.1, -0.05) is 37.6 Å². The lowest BCUT2D eigenvalue weighted by Crippen LogP contribution is -2.45. The maximum absolute atomic E-state index is 14.2. The summed E-state index contributed by atoms with van der Waals surface area (Å²) in [5.74, 6) is 0.126. The number of aliphatic carboxylic acids is 1. The molecule has 2 aliphatic rings. The van der Waals surface area contributed by atoms with Crippen LogP contribution >= 0.6 is 0 Å². The predicted molar refractivity (Wildman–Crippen MR) is 172 cm³/mol. The van der Waals surface area contributed by atoms with E-state index in [1.807, 2.05) is 47.0 Å². The Labute approximate surface area is 261 Å². The fraction of sp³-hybridized carbons (Fsp3) is 0.514. The normalized spacial score (nSPS) is 20.0. The van der Waals surface area contributed by atoms with Gasteiger partial charge in [0.25, 0.3) is 0 Å². The SMILES string of the molecule is CCCCN(C(=O)CN1CC(c2ccc3c(c2)CCO3)C(C(=O)O)C1CCc1nccn1C)c1cccc(C[N+](C)(C)C)c1. The van der Waals surface area contributed by atoms with Gasteiger partial charge in [-0.3, -0.25) is 14.5 Å². The molecule has 0 bridgehead atoms. The molecule has 1 aromatic heterocycles. The summed E-state index contributed by atoms with van der Waals surface area (Å²) in [5.41, 5.74) is 4.23. The molecular formula is C35H48N5O4+. The molecule has 236 valence electrons. The van der Waals surface area contributed by atoms with E-state index < -0.39 is 11.9 Å². The number of likely N-dealkylation sites (tertiary alicyclic amines) is 1. The van der Waals surface area contributed by atoms with E-state index in [1.54, 1.807) is 6.20 Å². The molecule has 1 N–H and O–H groups in total. The Morgan fingerprint density at radius 2 is 1.98 bits per heavy atom. The molecule has 3 heterocycles. The number of unbranched alkanes of at least 4 members (excludes halogenated alkanes) is 1. The number of rotatable bonds is 13. The topological polar surface area (TPSA) is 87.9 Å². The van der Waals surface area contributed by atoms with Crippen LogP contribution in [-0.4, -0.2) is 89.3 Å². The van der Waals surface area contributed by atoms with Crippen LogP contribution < -0.4 is 9.64 Å². The van der Waals surface area contributed by atoms with Gasteiger partial charge in [0.05, 0.1) is 40.2 Å². The van der Waals surface area contributed by atoms with E-state index >= 15 is 0 Å². The lowest BCUT2D eigenvalue weighted by Gasteiger charge is -2.30. The van der Waals surface area contributed by atoms with Crippen LogP contribution in [0, 0.1) is 5.92 Å². The van der Waals surface area contributed by atoms with E-state index in [9.17, 15) is 14.7 Å². The molecule has 9 heteroatoms. The largest absolute Gasteiger partial charge is 0.493 e. The van der Waals surface area contributed by atoms with Crippen LogP contribution in [0.3, 0.4) is 0 Å². The van der Waals surface area contributed by atoms with E-state index in [4.69, 9.17) is 4.74 Å². The number of anilines is 1. The van der Waals surface area contributed by atoms with Crippen molar-refractivity contribution in [1.82, 2.24) is 14.5 Å². The number of carboxylic acids is 1. The first-order valence-electron chi connectivity index (χ1n) is 15.9. The van der Waals surface area contributed by atoms with Gasteiger partial charge in [-0.25, -0.2) is 4.98 Å². The molecular weight excluding hydrogens is 554 g/mol. The van der Waals surface area contributed by atoms with Gasteiger partial charge in [-0.15, -0.1) is 0 Å². The van der Waals surface area contributed by atoms with Crippen molar-refractivity contribution in [3.8, 4) is 5.75 Å². The molecule has 0 saturated carbocycles. The monoisotopic (exact) mass is 602 g/mol. The molecule has 1 amide bonds. The first kappa shape index (κ1) is 31.7. The standard InChI is InChI=1S/C35H47N5O4/c1-6-7-17-39(28-10-8-9-25(20-28)24-40(3,4)5)33(41)23-38-22-29(26-11-13-31-27(21-26)15-19-44-31)34(35(42)43)30(38)12-14-32-36-16-18-37(32)2/h8-11,13,16,18,20-21,29-30,34H,6-7,12,14-15,17,19,22-24H2,1-5H3/p+1. The first-order valence-corrected chi connectivity index (χ1v) is 15.9. The van der Waals surface area contributed by atoms with Crippen LogP contribution in [0.1, 0.15) is 54.6 Å². The van der Waals surface area contributed by atoms with Gasteiger partial charge in [-0.2, -0.15) is 0 Å². The predicted octanol–water partition coefficient (Wildman–Crippen LogP) is 4.50. The number of amides is 1. The summed E-state index contributed by atoms with van der Waals surface area (Å²) in [6.07, 6.45) is 7.63. The molecule has 5 rings (SSSR count). The molecule has 1 saturated heterocycles. The molecule has 2 aromatic carbocycles. The maximum Gasteiger partial charge on any atom is 0.308 e. The van der Waals surface area contributed by atoms with Crippen LogP contribution in [0.15, 0.2) is 54.9 Å². The molecule has 3 unspecified atom stereocenters. The average Bonchev–Trinajstić information content (AvgIpc) is 3.69. The Bertz CT molecular complexity index is 1460. The second kappa shape index (κ2) is 13.5. The Balaban J connectivity index is 1.44. The lowest BCUT2D eigenvalue weighted by atomic mass is 9.83. The number of imidazole rings is 1. The number of quaternary nitrogens is 1. The van der Waals surface area contributed by atoms with Crippen molar-refractivity contribution >= 4 is 17.6 Å². The molecule has 0 aliphatic carbocycles. The minimum Gasteiger partial charge on any atom is -0.493 e. The Kier molecular flexibility index (Phi) is 9.75. The highest BCUT2D eigenvalue weighted by molar-refractivity contribution is 5.95. The number of aromatic nitrogens is 2. The van der Waals surface area contributed by atoms with Crippen LogP contribution in [0.4, 0.5) is 5.69 Å². The molecule has 3 aromatic rings. The number of hydrogen-bond acceptors (Lipinski definition) is 5. The minimum absolute atomic E-state index is 0.00924. The molecule has 9 nitrogen and oxygen atoms in total. The van der Waals surface area contributed by atoms with Gasteiger partial charge in [0.1, 0.15) is 18.1 Å². The van der Waals surface area contributed by atoms with Crippen molar-refractivity contribution in [3.05, 3.63) is 77.4 Å². The summed E-state index contributed by atoms with van der Waals surface area (Å²) in [7, 11) is 8.44. The number of carboxylic acid groups (broad SMARTS) is 1. The van der Waals surface area contributed by atoms with Gasteiger partial charge in [-0.05, 0) is 42.2 Å². The van der Waals surface area contributed by atoms with Crippen molar-refractivity contribution in [2.75, 3.05) is 52.3 Å². The number of hydrogen-bond donors (Lipinski definition) is 1. The van der Waals surface area contributed by atoms with Crippen molar-refractivity contribution in [1.29, 1.82) is 0 Å². The molecule has 2 aliphatic heterocycles. The lowest BCUT2D eigenvalue weighted by molar-refractivity contribution is -0.884. The third kappa shape index (κ3) is 7.33. The zero-order valence-electron chi connectivity index (χ0n) is 26.9. The Hall–Kier alpha value is -3.69. The zero-order valence-corrected chi connectivity index (χ0v) is 26.9. The smallest absolute Gasteiger partial charge is 0.308 e. The maximum atomic E-state index is 14.2.